The van der Waals surface area contributed by atoms with E-state index in [-0.39, 0.29) is 11.9 Å². The summed E-state index contributed by atoms with van der Waals surface area (Å²) in [6.45, 7) is 1.90. The molecule has 0 aliphatic carbocycles. The maximum Gasteiger partial charge on any atom is 0.253 e. The molecule has 0 spiro atoms. The lowest BCUT2D eigenvalue weighted by Crippen LogP contribution is -2.26. The zero-order valence-electron chi connectivity index (χ0n) is 11.6. The molecule has 1 aromatic carbocycles. The zero-order chi connectivity index (χ0) is 15.4. The molecule has 0 fully saturated rings. The van der Waals surface area contributed by atoms with E-state index in [0.29, 0.717) is 10.6 Å². The molecule has 110 valence electrons. The van der Waals surface area contributed by atoms with Gasteiger partial charge in [0.05, 0.1) is 28.2 Å². The molecule has 0 saturated carbocycles. The number of benzene rings is 1. The van der Waals surface area contributed by atoms with Crippen LogP contribution in [0.4, 0.5) is 0 Å². The van der Waals surface area contributed by atoms with Crippen molar-refractivity contribution in [2.24, 2.45) is 0 Å². The second-order valence-corrected chi connectivity index (χ2v) is 5.71. The van der Waals surface area contributed by atoms with Crippen LogP contribution in [0.1, 0.15) is 28.9 Å². The van der Waals surface area contributed by atoms with E-state index < -0.39 is 0 Å². The predicted molar refractivity (Wildman–Crippen MR) is 85.8 cm³/mol. The van der Waals surface area contributed by atoms with Crippen molar-refractivity contribution in [2.75, 3.05) is 7.11 Å². The Kier molecular flexibility index (Phi) is 5.20. The van der Waals surface area contributed by atoms with Crippen LogP contribution in [0.2, 0.25) is 5.02 Å². The molecule has 2 aromatic rings. The molecule has 4 nitrogen and oxygen atoms in total. The number of pyridine rings is 1. The lowest BCUT2D eigenvalue weighted by Gasteiger charge is -2.16. The van der Waals surface area contributed by atoms with Crippen molar-refractivity contribution in [1.29, 1.82) is 0 Å². The van der Waals surface area contributed by atoms with Gasteiger partial charge in [-0.25, -0.2) is 0 Å². The summed E-state index contributed by atoms with van der Waals surface area (Å²) in [7, 11) is 1.61. The minimum absolute atomic E-state index is 0.163. The molecule has 21 heavy (non-hydrogen) atoms. The molecular formula is C15H14BrClN2O2. The largest absolute Gasteiger partial charge is 0.496 e. The van der Waals surface area contributed by atoms with Gasteiger partial charge < -0.3 is 10.1 Å². The SMILES string of the molecule is COc1ccc(C(C)NC(=O)c2ccncc2Cl)cc1Br. The Labute approximate surface area is 136 Å². The zero-order valence-corrected chi connectivity index (χ0v) is 13.9. The highest BCUT2D eigenvalue weighted by Gasteiger charge is 2.15. The number of nitrogens with zero attached hydrogens (tertiary/aromatic N) is 1. The van der Waals surface area contributed by atoms with Crippen LogP contribution in [0.25, 0.3) is 0 Å². The minimum Gasteiger partial charge on any atom is -0.496 e. The number of hydrogen-bond donors (Lipinski definition) is 1. The third-order valence-electron chi connectivity index (χ3n) is 3.04. The van der Waals surface area contributed by atoms with Crippen molar-refractivity contribution in [2.45, 2.75) is 13.0 Å². The van der Waals surface area contributed by atoms with Crippen molar-refractivity contribution >= 4 is 33.4 Å². The van der Waals surface area contributed by atoms with Gasteiger partial charge in [-0.2, -0.15) is 0 Å². The van der Waals surface area contributed by atoms with Gasteiger partial charge in [-0.3, -0.25) is 9.78 Å². The second kappa shape index (κ2) is 6.91. The van der Waals surface area contributed by atoms with Crippen molar-refractivity contribution in [3.05, 3.63) is 57.3 Å². The maximum atomic E-state index is 12.2. The van der Waals surface area contributed by atoms with E-state index in [1.165, 1.54) is 12.4 Å². The molecule has 2 rings (SSSR count). The molecule has 0 saturated heterocycles. The Bertz CT molecular complexity index is 664. The number of carbonyl (C=O) groups excluding carboxylic acids is 1. The van der Waals surface area contributed by atoms with Gasteiger partial charge in [0.2, 0.25) is 0 Å². The fourth-order valence-electron chi connectivity index (χ4n) is 1.87. The molecule has 1 N–H and O–H groups in total. The van der Waals surface area contributed by atoms with Gasteiger partial charge in [-0.15, -0.1) is 0 Å². The Hall–Kier alpha value is -1.59. The number of halogens is 2. The van der Waals surface area contributed by atoms with E-state index in [1.54, 1.807) is 13.2 Å². The first kappa shape index (κ1) is 15.8. The molecule has 6 heteroatoms. The Morgan fingerprint density at radius 3 is 2.81 bits per heavy atom. The lowest BCUT2D eigenvalue weighted by molar-refractivity contribution is 0.0940. The summed E-state index contributed by atoms with van der Waals surface area (Å²) in [4.78, 5) is 16.1. The highest BCUT2D eigenvalue weighted by molar-refractivity contribution is 9.10. The number of nitrogens with one attached hydrogen (secondary N) is 1. The van der Waals surface area contributed by atoms with Crippen LogP contribution >= 0.6 is 27.5 Å². The van der Waals surface area contributed by atoms with Gasteiger partial charge in [0.25, 0.3) is 5.91 Å². The number of methoxy groups -OCH3 is 1. The average molecular weight is 370 g/mol. The number of amides is 1. The Morgan fingerprint density at radius 2 is 2.19 bits per heavy atom. The monoisotopic (exact) mass is 368 g/mol. The molecule has 1 amide bonds. The van der Waals surface area contributed by atoms with E-state index in [1.807, 2.05) is 25.1 Å². The Morgan fingerprint density at radius 1 is 1.43 bits per heavy atom. The second-order valence-electron chi connectivity index (χ2n) is 4.44. The van der Waals surface area contributed by atoms with Crippen molar-refractivity contribution in [1.82, 2.24) is 10.3 Å². The summed E-state index contributed by atoms with van der Waals surface area (Å²) in [5, 5.41) is 3.24. The van der Waals surface area contributed by atoms with Gasteiger partial charge in [0, 0.05) is 12.4 Å². The van der Waals surface area contributed by atoms with E-state index >= 15 is 0 Å². The van der Waals surface area contributed by atoms with E-state index in [2.05, 4.69) is 26.2 Å². The highest BCUT2D eigenvalue weighted by atomic mass is 79.9. The number of carbonyl (C=O) groups is 1. The van der Waals surface area contributed by atoms with Crippen LogP contribution in [0.15, 0.2) is 41.1 Å². The predicted octanol–water partition coefficient (Wildman–Crippen LogP) is 4.00. The summed E-state index contributed by atoms with van der Waals surface area (Å²) in [6.07, 6.45) is 2.99. The third kappa shape index (κ3) is 3.74. The smallest absolute Gasteiger partial charge is 0.253 e. The van der Waals surface area contributed by atoms with Gasteiger partial charge in [0.1, 0.15) is 5.75 Å². The molecule has 0 aliphatic rings. The molecule has 0 bridgehead atoms. The van der Waals surface area contributed by atoms with E-state index in [0.717, 1.165) is 15.8 Å². The minimum atomic E-state index is -0.234. The molecule has 0 radical (unpaired) electrons. The quantitative estimate of drug-likeness (QED) is 0.886. The van der Waals surface area contributed by atoms with Gasteiger partial charge in [-0.1, -0.05) is 17.7 Å². The first-order valence-corrected chi connectivity index (χ1v) is 7.44. The fraction of sp³-hybridized carbons (Fsp3) is 0.200. The van der Waals surface area contributed by atoms with E-state index in [9.17, 15) is 4.79 Å². The topological polar surface area (TPSA) is 51.2 Å². The first-order valence-electron chi connectivity index (χ1n) is 6.26. The Balaban J connectivity index is 2.14. The molecule has 1 heterocycles. The van der Waals surface area contributed by atoms with Crippen LogP contribution < -0.4 is 10.1 Å². The molecule has 1 unspecified atom stereocenters. The van der Waals surface area contributed by atoms with Crippen LogP contribution in [-0.2, 0) is 0 Å². The van der Waals surface area contributed by atoms with Gasteiger partial charge in [0.15, 0.2) is 0 Å². The lowest BCUT2D eigenvalue weighted by atomic mass is 10.1. The van der Waals surface area contributed by atoms with Crippen molar-refractivity contribution < 1.29 is 9.53 Å². The van der Waals surface area contributed by atoms with Crippen LogP contribution in [0.3, 0.4) is 0 Å². The fourth-order valence-corrected chi connectivity index (χ4v) is 2.63. The maximum absolute atomic E-state index is 12.2. The summed E-state index contributed by atoms with van der Waals surface area (Å²) >= 11 is 9.40. The summed E-state index contributed by atoms with van der Waals surface area (Å²) in [5.41, 5.74) is 1.37. The van der Waals surface area contributed by atoms with Gasteiger partial charge in [-0.05, 0) is 46.6 Å². The molecule has 1 aromatic heterocycles. The van der Waals surface area contributed by atoms with E-state index in [4.69, 9.17) is 16.3 Å². The summed E-state index contributed by atoms with van der Waals surface area (Å²) in [6, 6.07) is 7.10. The third-order valence-corrected chi connectivity index (χ3v) is 3.96. The van der Waals surface area contributed by atoms with Crippen molar-refractivity contribution in [3.8, 4) is 5.75 Å². The molecular weight excluding hydrogens is 356 g/mol. The molecule has 0 aliphatic heterocycles. The number of rotatable bonds is 4. The average Bonchev–Trinajstić information content (AvgIpc) is 2.47. The highest BCUT2D eigenvalue weighted by Crippen LogP contribution is 2.28. The number of hydrogen-bond acceptors (Lipinski definition) is 3. The number of ether oxygens (including phenoxy) is 1. The first-order chi connectivity index (χ1) is 10.0. The van der Waals surface area contributed by atoms with Gasteiger partial charge >= 0.3 is 0 Å². The normalized spacial score (nSPS) is 11.8. The summed E-state index contributed by atoms with van der Waals surface area (Å²) < 4.78 is 6.03. The van der Waals surface area contributed by atoms with Crippen LogP contribution in [-0.4, -0.2) is 18.0 Å². The van der Waals surface area contributed by atoms with Crippen LogP contribution in [0.5, 0.6) is 5.75 Å². The van der Waals surface area contributed by atoms with Crippen LogP contribution in [0, 0.1) is 0 Å². The number of aromatic nitrogens is 1. The standard InChI is InChI=1S/C15H14BrClN2O2/c1-9(10-3-4-14(21-2)12(16)7-10)19-15(20)11-5-6-18-8-13(11)17/h3-9H,1-2H3,(H,19,20). The molecule has 1 atom stereocenters. The van der Waals surface area contributed by atoms with Crippen molar-refractivity contribution in [3.63, 3.8) is 0 Å². The summed E-state index contributed by atoms with van der Waals surface area (Å²) in [5.74, 6) is 0.510.